The van der Waals surface area contributed by atoms with Gasteiger partial charge in [0.05, 0.1) is 6.10 Å². The lowest BCUT2D eigenvalue weighted by Crippen LogP contribution is -2.39. The average Bonchev–Trinajstić information content (AvgIpc) is 3.15. The van der Waals surface area contributed by atoms with E-state index in [1.807, 2.05) is 30.3 Å². The van der Waals surface area contributed by atoms with Crippen LogP contribution in [0.4, 0.5) is 0 Å². The Labute approximate surface area is 160 Å². The minimum Gasteiger partial charge on any atom is -0.491 e. The van der Waals surface area contributed by atoms with Crippen LogP contribution in [0.5, 0.6) is 5.75 Å². The first-order valence-corrected chi connectivity index (χ1v) is 9.51. The molecule has 0 saturated carbocycles. The Morgan fingerprint density at radius 1 is 1.15 bits per heavy atom. The first-order valence-electron chi connectivity index (χ1n) is 9.13. The van der Waals surface area contributed by atoms with Crippen LogP contribution in [0.3, 0.4) is 0 Å². The summed E-state index contributed by atoms with van der Waals surface area (Å²) in [5, 5.41) is 11.1. The number of aliphatic hydroxyl groups is 1. The molecule has 1 saturated heterocycles. The quantitative estimate of drug-likeness (QED) is 0.724. The molecule has 1 fully saturated rings. The van der Waals surface area contributed by atoms with Crippen LogP contribution in [0.15, 0.2) is 54.6 Å². The van der Waals surface area contributed by atoms with E-state index >= 15 is 0 Å². The predicted octanol–water partition coefficient (Wildman–Crippen LogP) is 3.76. The van der Waals surface area contributed by atoms with Crippen molar-refractivity contribution >= 4 is 11.6 Å². The van der Waals surface area contributed by atoms with Crippen molar-refractivity contribution in [2.75, 3.05) is 26.3 Å². The first-order chi connectivity index (χ1) is 12.7. The highest BCUT2D eigenvalue weighted by molar-refractivity contribution is 6.30. The van der Waals surface area contributed by atoms with Crippen molar-refractivity contribution in [2.45, 2.75) is 31.6 Å². The molecule has 26 heavy (non-hydrogen) atoms. The van der Waals surface area contributed by atoms with E-state index in [0.29, 0.717) is 17.3 Å². The molecule has 0 aromatic heterocycles. The summed E-state index contributed by atoms with van der Waals surface area (Å²) in [6.07, 6.45) is 1.88. The summed E-state index contributed by atoms with van der Waals surface area (Å²) in [6, 6.07) is 17.5. The molecule has 1 aliphatic rings. The summed E-state index contributed by atoms with van der Waals surface area (Å²) in [5.41, 5.74) is 1.23. The molecule has 1 N–H and O–H groups in total. The van der Waals surface area contributed by atoms with Crippen molar-refractivity contribution < 1.29 is 14.6 Å². The van der Waals surface area contributed by atoms with Gasteiger partial charge in [0.25, 0.3) is 0 Å². The molecule has 0 unspecified atom stereocenters. The molecular weight excluding hydrogens is 350 g/mol. The second-order valence-corrected chi connectivity index (χ2v) is 7.17. The fourth-order valence-corrected chi connectivity index (χ4v) is 3.32. The summed E-state index contributed by atoms with van der Waals surface area (Å²) in [4.78, 5) is 2.25. The van der Waals surface area contributed by atoms with Crippen molar-refractivity contribution in [2.24, 2.45) is 0 Å². The molecule has 0 amide bonds. The van der Waals surface area contributed by atoms with Crippen molar-refractivity contribution in [1.82, 2.24) is 4.90 Å². The largest absolute Gasteiger partial charge is 0.491 e. The topological polar surface area (TPSA) is 41.9 Å². The first kappa shape index (κ1) is 19.2. The van der Waals surface area contributed by atoms with Gasteiger partial charge < -0.3 is 14.6 Å². The van der Waals surface area contributed by atoms with Crippen LogP contribution in [0.25, 0.3) is 0 Å². The fourth-order valence-electron chi connectivity index (χ4n) is 3.20. The van der Waals surface area contributed by atoms with E-state index in [2.05, 4.69) is 17.0 Å². The van der Waals surface area contributed by atoms with Crippen LogP contribution >= 0.6 is 11.6 Å². The second-order valence-electron chi connectivity index (χ2n) is 6.73. The van der Waals surface area contributed by atoms with Crippen molar-refractivity contribution in [3.05, 3.63) is 65.2 Å². The Bertz CT molecular complexity index is 644. The van der Waals surface area contributed by atoms with E-state index in [-0.39, 0.29) is 12.7 Å². The summed E-state index contributed by atoms with van der Waals surface area (Å²) in [5.74, 6) is 0.710. The number of benzene rings is 2. The molecule has 0 bridgehead atoms. The maximum Gasteiger partial charge on any atom is 0.119 e. The Hall–Kier alpha value is -1.59. The van der Waals surface area contributed by atoms with Crippen molar-refractivity contribution in [3.8, 4) is 5.75 Å². The Morgan fingerprint density at radius 2 is 1.92 bits per heavy atom. The van der Waals surface area contributed by atoms with Gasteiger partial charge in [0.15, 0.2) is 0 Å². The van der Waals surface area contributed by atoms with Crippen LogP contribution in [0.2, 0.25) is 5.02 Å². The Morgan fingerprint density at radius 3 is 2.62 bits per heavy atom. The van der Waals surface area contributed by atoms with Gasteiger partial charge in [-0.15, -0.1) is 0 Å². The van der Waals surface area contributed by atoms with Gasteiger partial charge in [0, 0.05) is 31.3 Å². The Kier molecular flexibility index (Phi) is 7.32. The second kappa shape index (κ2) is 9.93. The lowest BCUT2D eigenvalue weighted by atomic mass is 10.1. The third-order valence-corrected chi connectivity index (χ3v) is 4.71. The van der Waals surface area contributed by atoms with Gasteiger partial charge in [-0.3, -0.25) is 4.90 Å². The third kappa shape index (κ3) is 6.29. The molecule has 4 nitrogen and oxygen atoms in total. The van der Waals surface area contributed by atoms with Crippen LogP contribution < -0.4 is 4.74 Å². The van der Waals surface area contributed by atoms with Crippen LogP contribution in [0, 0.1) is 0 Å². The highest BCUT2D eigenvalue weighted by Crippen LogP contribution is 2.17. The maximum atomic E-state index is 10.5. The molecular formula is C21H26ClNO3. The normalized spacial score (nSPS) is 18.2. The Balaban J connectivity index is 1.53. The molecule has 0 aliphatic carbocycles. The van der Waals surface area contributed by atoms with Gasteiger partial charge in [-0.2, -0.15) is 0 Å². The molecule has 1 aliphatic heterocycles. The third-order valence-electron chi connectivity index (χ3n) is 4.46. The molecule has 2 atom stereocenters. The maximum absolute atomic E-state index is 10.5. The predicted molar refractivity (Wildman–Crippen MR) is 104 cm³/mol. The molecule has 1 heterocycles. The molecule has 2 aromatic rings. The van der Waals surface area contributed by atoms with Gasteiger partial charge in [-0.1, -0.05) is 41.9 Å². The zero-order valence-electron chi connectivity index (χ0n) is 14.9. The monoisotopic (exact) mass is 375 g/mol. The van der Waals surface area contributed by atoms with Gasteiger partial charge in [0.1, 0.15) is 18.5 Å². The standard InChI is InChI=1S/C21H26ClNO3/c22-18-8-10-20(11-9-18)26-16-19(24)14-23(15-21-7-4-12-25-21)13-17-5-2-1-3-6-17/h1-3,5-6,8-11,19,21,24H,4,7,12-16H2/t19-,21+/m1/s1. The molecule has 0 spiro atoms. The van der Waals surface area contributed by atoms with Gasteiger partial charge in [-0.05, 0) is 42.7 Å². The van der Waals surface area contributed by atoms with E-state index in [9.17, 15) is 5.11 Å². The lowest BCUT2D eigenvalue weighted by molar-refractivity contribution is 0.0313. The van der Waals surface area contributed by atoms with Crippen LogP contribution in [-0.4, -0.2) is 48.5 Å². The van der Waals surface area contributed by atoms with E-state index in [0.717, 1.165) is 32.5 Å². The number of hydrogen-bond acceptors (Lipinski definition) is 4. The van der Waals surface area contributed by atoms with Crippen LogP contribution in [-0.2, 0) is 11.3 Å². The van der Waals surface area contributed by atoms with E-state index < -0.39 is 6.10 Å². The average molecular weight is 376 g/mol. The lowest BCUT2D eigenvalue weighted by Gasteiger charge is -2.27. The smallest absolute Gasteiger partial charge is 0.119 e. The number of rotatable bonds is 9. The molecule has 5 heteroatoms. The van der Waals surface area contributed by atoms with E-state index in [1.165, 1.54) is 5.56 Å². The number of ether oxygens (including phenoxy) is 2. The summed E-state index contributed by atoms with van der Waals surface area (Å²) >= 11 is 5.88. The highest BCUT2D eigenvalue weighted by Gasteiger charge is 2.21. The number of nitrogens with zero attached hydrogens (tertiary/aromatic N) is 1. The van der Waals surface area contributed by atoms with E-state index in [4.69, 9.17) is 21.1 Å². The minimum absolute atomic E-state index is 0.248. The van der Waals surface area contributed by atoms with Gasteiger partial charge in [0.2, 0.25) is 0 Å². The van der Waals surface area contributed by atoms with Gasteiger partial charge in [-0.25, -0.2) is 0 Å². The summed E-state index contributed by atoms with van der Waals surface area (Å²) in [6.45, 7) is 3.25. The molecule has 140 valence electrons. The number of hydrogen-bond donors (Lipinski definition) is 1. The zero-order chi connectivity index (χ0) is 18.2. The number of aliphatic hydroxyl groups excluding tert-OH is 1. The molecule has 3 rings (SSSR count). The van der Waals surface area contributed by atoms with Crippen LogP contribution in [0.1, 0.15) is 18.4 Å². The highest BCUT2D eigenvalue weighted by atomic mass is 35.5. The SMILES string of the molecule is O[C@@H](COc1ccc(Cl)cc1)CN(Cc1ccccc1)C[C@@H]1CCCO1. The number of halogens is 1. The van der Waals surface area contributed by atoms with Crippen molar-refractivity contribution in [1.29, 1.82) is 0 Å². The van der Waals surface area contributed by atoms with E-state index in [1.54, 1.807) is 12.1 Å². The summed E-state index contributed by atoms with van der Waals surface area (Å²) < 4.78 is 11.5. The minimum atomic E-state index is -0.573. The molecule has 2 aromatic carbocycles. The van der Waals surface area contributed by atoms with Crippen molar-refractivity contribution in [3.63, 3.8) is 0 Å². The summed E-state index contributed by atoms with van der Waals surface area (Å²) in [7, 11) is 0. The molecule has 0 radical (unpaired) electrons. The van der Waals surface area contributed by atoms with Gasteiger partial charge >= 0.3 is 0 Å². The zero-order valence-corrected chi connectivity index (χ0v) is 15.6. The fraction of sp³-hybridized carbons (Fsp3) is 0.429.